The molecule has 0 saturated carbocycles. The summed E-state index contributed by atoms with van der Waals surface area (Å²) in [5, 5.41) is 8.56. The topological polar surface area (TPSA) is 57.6 Å². The van der Waals surface area contributed by atoms with Crippen molar-refractivity contribution >= 4 is 11.9 Å². The fourth-order valence-corrected chi connectivity index (χ4v) is 1.41. The van der Waals surface area contributed by atoms with E-state index in [-0.39, 0.29) is 18.9 Å². The molecule has 0 unspecified atom stereocenters. The monoisotopic (exact) mass is 239 g/mol. The second-order valence-electron chi connectivity index (χ2n) is 3.54. The quantitative estimate of drug-likeness (QED) is 0.851. The minimum absolute atomic E-state index is 0.0965. The lowest BCUT2D eigenvalue weighted by molar-refractivity contribution is -0.137. The van der Waals surface area contributed by atoms with Crippen LogP contribution < -0.4 is 0 Å². The molecule has 0 aromatic heterocycles. The molecule has 0 radical (unpaired) electrons. The van der Waals surface area contributed by atoms with E-state index in [4.69, 9.17) is 5.11 Å². The molecule has 1 aromatic rings. The van der Waals surface area contributed by atoms with Crippen LogP contribution in [0.25, 0.3) is 0 Å². The van der Waals surface area contributed by atoms with Gasteiger partial charge in [0, 0.05) is 18.7 Å². The fourth-order valence-electron chi connectivity index (χ4n) is 1.41. The molecule has 0 aliphatic rings. The van der Waals surface area contributed by atoms with Crippen molar-refractivity contribution in [3.05, 3.63) is 35.6 Å². The van der Waals surface area contributed by atoms with Gasteiger partial charge in [0.15, 0.2) is 0 Å². The molecule has 0 aliphatic heterocycles. The average molecular weight is 239 g/mol. The Bertz CT molecular complexity index is 403. The summed E-state index contributed by atoms with van der Waals surface area (Å²) < 4.78 is 12.7. The van der Waals surface area contributed by atoms with Crippen LogP contribution >= 0.6 is 0 Å². The zero-order chi connectivity index (χ0) is 12.8. The van der Waals surface area contributed by atoms with Crippen molar-refractivity contribution in [1.82, 2.24) is 4.90 Å². The van der Waals surface area contributed by atoms with Gasteiger partial charge in [-0.1, -0.05) is 0 Å². The Morgan fingerprint density at radius 1 is 1.29 bits per heavy atom. The van der Waals surface area contributed by atoms with Crippen LogP contribution in [0.3, 0.4) is 0 Å². The van der Waals surface area contributed by atoms with Crippen LogP contribution in [0, 0.1) is 5.82 Å². The molecule has 0 spiro atoms. The van der Waals surface area contributed by atoms with Gasteiger partial charge < -0.3 is 10.0 Å². The molecule has 4 nitrogen and oxygen atoms in total. The Labute approximate surface area is 98.7 Å². The third-order valence-electron chi connectivity index (χ3n) is 2.36. The molecule has 0 atom stereocenters. The maximum Gasteiger partial charge on any atom is 0.305 e. The highest BCUT2D eigenvalue weighted by Crippen LogP contribution is 2.07. The summed E-state index contributed by atoms with van der Waals surface area (Å²) in [5.41, 5.74) is 0.360. The van der Waals surface area contributed by atoms with Gasteiger partial charge in [0.25, 0.3) is 5.91 Å². The Hall–Kier alpha value is -1.91. The number of aliphatic carboxylic acids is 1. The molecule has 1 N–H and O–H groups in total. The number of hydrogen-bond acceptors (Lipinski definition) is 2. The lowest BCUT2D eigenvalue weighted by Gasteiger charge is -2.19. The van der Waals surface area contributed by atoms with E-state index in [2.05, 4.69) is 0 Å². The predicted octanol–water partition coefficient (Wildman–Crippen LogP) is 1.76. The summed E-state index contributed by atoms with van der Waals surface area (Å²) >= 11 is 0. The van der Waals surface area contributed by atoms with Gasteiger partial charge in [0.05, 0.1) is 6.42 Å². The Balaban J connectivity index is 2.71. The first-order chi connectivity index (χ1) is 8.04. The molecule has 0 heterocycles. The first-order valence-electron chi connectivity index (χ1n) is 5.31. The van der Waals surface area contributed by atoms with Crippen molar-refractivity contribution in [2.45, 2.75) is 13.3 Å². The van der Waals surface area contributed by atoms with Crippen LogP contribution in [0.1, 0.15) is 23.7 Å². The highest BCUT2D eigenvalue weighted by molar-refractivity contribution is 5.94. The first-order valence-corrected chi connectivity index (χ1v) is 5.31. The van der Waals surface area contributed by atoms with Gasteiger partial charge >= 0.3 is 5.97 Å². The number of halogens is 1. The van der Waals surface area contributed by atoms with E-state index in [0.29, 0.717) is 12.1 Å². The molecular formula is C12H14FNO3. The molecule has 92 valence electrons. The highest BCUT2D eigenvalue weighted by atomic mass is 19.1. The third kappa shape index (κ3) is 3.86. The third-order valence-corrected chi connectivity index (χ3v) is 2.36. The Morgan fingerprint density at radius 3 is 2.35 bits per heavy atom. The number of benzene rings is 1. The van der Waals surface area contributed by atoms with E-state index in [1.807, 2.05) is 0 Å². The van der Waals surface area contributed by atoms with E-state index in [1.54, 1.807) is 6.92 Å². The molecule has 0 saturated heterocycles. The minimum atomic E-state index is -0.949. The van der Waals surface area contributed by atoms with Gasteiger partial charge in [-0.25, -0.2) is 4.39 Å². The van der Waals surface area contributed by atoms with Gasteiger partial charge in [0.2, 0.25) is 0 Å². The van der Waals surface area contributed by atoms with Crippen molar-refractivity contribution in [3.63, 3.8) is 0 Å². The normalized spacial score (nSPS) is 10.0. The Kier molecular flexibility index (Phi) is 4.63. The van der Waals surface area contributed by atoms with Crippen LogP contribution in [0.2, 0.25) is 0 Å². The van der Waals surface area contributed by atoms with Crippen molar-refractivity contribution < 1.29 is 19.1 Å². The van der Waals surface area contributed by atoms with Gasteiger partial charge in [-0.05, 0) is 31.2 Å². The van der Waals surface area contributed by atoms with Crippen LogP contribution in [0.5, 0.6) is 0 Å². The van der Waals surface area contributed by atoms with Gasteiger partial charge in [-0.3, -0.25) is 9.59 Å². The summed E-state index contributed by atoms with van der Waals surface area (Å²) in [6.45, 7) is 2.34. The highest BCUT2D eigenvalue weighted by Gasteiger charge is 2.14. The molecule has 1 amide bonds. The first kappa shape index (κ1) is 13.2. The van der Waals surface area contributed by atoms with E-state index < -0.39 is 11.8 Å². The summed E-state index contributed by atoms with van der Waals surface area (Å²) in [7, 11) is 0. The van der Waals surface area contributed by atoms with Crippen molar-refractivity contribution in [2.75, 3.05) is 13.1 Å². The van der Waals surface area contributed by atoms with E-state index >= 15 is 0 Å². The average Bonchev–Trinajstić information content (AvgIpc) is 2.30. The Morgan fingerprint density at radius 2 is 1.88 bits per heavy atom. The summed E-state index contributed by atoms with van der Waals surface area (Å²) in [6, 6.07) is 5.19. The maximum atomic E-state index is 12.7. The predicted molar refractivity (Wildman–Crippen MR) is 60.2 cm³/mol. The van der Waals surface area contributed by atoms with E-state index in [0.717, 1.165) is 0 Å². The van der Waals surface area contributed by atoms with Gasteiger partial charge in [-0.15, -0.1) is 0 Å². The standard InChI is InChI=1S/C12H14FNO3/c1-2-14(8-7-11(15)16)12(17)9-3-5-10(13)6-4-9/h3-6H,2,7-8H2,1H3,(H,15,16). The van der Waals surface area contributed by atoms with Crippen molar-refractivity contribution in [2.24, 2.45) is 0 Å². The fraction of sp³-hybridized carbons (Fsp3) is 0.333. The summed E-state index contributed by atoms with van der Waals surface area (Å²) in [5.74, 6) is -1.64. The number of carboxylic acids is 1. The lowest BCUT2D eigenvalue weighted by atomic mass is 10.2. The van der Waals surface area contributed by atoms with Crippen molar-refractivity contribution in [1.29, 1.82) is 0 Å². The number of rotatable bonds is 5. The zero-order valence-corrected chi connectivity index (χ0v) is 9.52. The molecule has 0 aliphatic carbocycles. The zero-order valence-electron chi connectivity index (χ0n) is 9.52. The number of amides is 1. The molecule has 1 rings (SSSR count). The molecule has 0 bridgehead atoms. The minimum Gasteiger partial charge on any atom is -0.481 e. The molecule has 5 heteroatoms. The van der Waals surface area contributed by atoms with Crippen LogP contribution in [-0.4, -0.2) is 35.0 Å². The SMILES string of the molecule is CCN(CCC(=O)O)C(=O)c1ccc(F)cc1. The summed E-state index contributed by atoms with van der Waals surface area (Å²) in [4.78, 5) is 23.8. The summed E-state index contributed by atoms with van der Waals surface area (Å²) in [6.07, 6.45) is -0.0965. The lowest BCUT2D eigenvalue weighted by Crippen LogP contribution is -2.32. The molecule has 17 heavy (non-hydrogen) atoms. The molecule has 1 aromatic carbocycles. The van der Waals surface area contributed by atoms with Crippen LogP contribution in [-0.2, 0) is 4.79 Å². The number of hydrogen-bond donors (Lipinski definition) is 1. The largest absolute Gasteiger partial charge is 0.481 e. The number of carboxylic acid groups (broad SMARTS) is 1. The van der Waals surface area contributed by atoms with E-state index in [9.17, 15) is 14.0 Å². The maximum absolute atomic E-state index is 12.7. The van der Waals surface area contributed by atoms with Crippen LogP contribution in [0.4, 0.5) is 4.39 Å². The number of carbonyl (C=O) groups is 2. The van der Waals surface area contributed by atoms with Gasteiger partial charge in [0.1, 0.15) is 5.82 Å². The second-order valence-corrected chi connectivity index (χ2v) is 3.54. The van der Waals surface area contributed by atoms with Crippen LogP contribution in [0.15, 0.2) is 24.3 Å². The smallest absolute Gasteiger partial charge is 0.305 e. The molecule has 0 fully saturated rings. The second kappa shape index (κ2) is 5.98. The van der Waals surface area contributed by atoms with Gasteiger partial charge in [-0.2, -0.15) is 0 Å². The number of nitrogens with zero attached hydrogens (tertiary/aromatic N) is 1. The van der Waals surface area contributed by atoms with E-state index in [1.165, 1.54) is 29.2 Å². The number of carbonyl (C=O) groups excluding carboxylic acids is 1. The molecular weight excluding hydrogens is 225 g/mol. The van der Waals surface area contributed by atoms with Crippen molar-refractivity contribution in [3.8, 4) is 0 Å².